The summed E-state index contributed by atoms with van der Waals surface area (Å²) in [4.78, 5) is 12.7. The standard InChI is InChI=1S/C16H19ClO3/c1-16(2)5-4-10-11(17)8-13-15(14(10)12(18)9-16)20-7-3-6-19-13/h8H,3-7,9H2,1-2H3. The van der Waals surface area contributed by atoms with E-state index < -0.39 is 0 Å². The zero-order valence-electron chi connectivity index (χ0n) is 11.9. The predicted octanol–water partition coefficient (Wildman–Crippen LogP) is 4.05. The Kier molecular flexibility index (Phi) is 3.41. The lowest BCUT2D eigenvalue weighted by Crippen LogP contribution is -2.15. The molecule has 0 saturated heterocycles. The van der Waals surface area contributed by atoms with Crippen LogP contribution < -0.4 is 9.47 Å². The van der Waals surface area contributed by atoms with Crippen LogP contribution in [-0.4, -0.2) is 19.0 Å². The van der Waals surface area contributed by atoms with E-state index in [2.05, 4.69) is 13.8 Å². The van der Waals surface area contributed by atoms with Crippen LogP contribution in [0.2, 0.25) is 5.02 Å². The van der Waals surface area contributed by atoms with Gasteiger partial charge in [0.2, 0.25) is 0 Å². The Hall–Kier alpha value is -1.22. The van der Waals surface area contributed by atoms with Gasteiger partial charge in [0.1, 0.15) is 0 Å². The summed E-state index contributed by atoms with van der Waals surface area (Å²) in [5.41, 5.74) is 1.57. The van der Waals surface area contributed by atoms with Crippen LogP contribution in [0, 0.1) is 5.41 Å². The third-order valence-corrected chi connectivity index (χ3v) is 4.40. The maximum Gasteiger partial charge on any atom is 0.172 e. The summed E-state index contributed by atoms with van der Waals surface area (Å²) in [7, 11) is 0. The van der Waals surface area contributed by atoms with Crippen LogP contribution in [0.1, 0.15) is 49.0 Å². The van der Waals surface area contributed by atoms with Crippen molar-refractivity contribution >= 4 is 17.4 Å². The number of ketones is 1. The Labute approximate surface area is 124 Å². The van der Waals surface area contributed by atoms with Crippen LogP contribution in [0.3, 0.4) is 0 Å². The van der Waals surface area contributed by atoms with Gasteiger partial charge in [0.25, 0.3) is 0 Å². The van der Waals surface area contributed by atoms with Crippen molar-refractivity contribution in [1.29, 1.82) is 0 Å². The highest BCUT2D eigenvalue weighted by Crippen LogP contribution is 2.45. The number of ether oxygens (including phenoxy) is 2. The van der Waals surface area contributed by atoms with Crippen LogP contribution in [0.5, 0.6) is 11.5 Å². The number of halogens is 1. The normalized spacial score (nSPS) is 20.9. The zero-order valence-corrected chi connectivity index (χ0v) is 12.7. The van der Waals surface area contributed by atoms with E-state index in [0.717, 1.165) is 24.8 Å². The molecule has 0 amide bonds. The van der Waals surface area contributed by atoms with Crippen molar-refractivity contribution in [1.82, 2.24) is 0 Å². The summed E-state index contributed by atoms with van der Waals surface area (Å²) in [5.74, 6) is 1.33. The van der Waals surface area contributed by atoms with Gasteiger partial charge in [-0.1, -0.05) is 25.4 Å². The number of Topliss-reactive ketones (excluding diaryl/α,β-unsaturated/α-hetero) is 1. The van der Waals surface area contributed by atoms with E-state index in [0.29, 0.717) is 41.7 Å². The number of fused-ring (bicyclic) bond motifs is 3. The quantitative estimate of drug-likeness (QED) is 0.677. The number of carbonyl (C=O) groups is 1. The zero-order chi connectivity index (χ0) is 14.3. The second-order valence-corrected chi connectivity index (χ2v) is 6.76. The third-order valence-electron chi connectivity index (χ3n) is 4.06. The molecule has 0 fully saturated rings. The minimum absolute atomic E-state index is 0.00208. The van der Waals surface area contributed by atoms with Crippen LogP contribution in [0.25, 0.3) is 0 Å². The van der Waals surface area contributed by atoms with Crippen LogP contribution in [-0.2, 0) is 6.42 Å². The molecule has 0 unspecified atom stereocenters. The molecule has 3 rings (SSSR count). The number of carbonyl (C=O) groups excluding carboxylic acids is 1. The molecule has 1 aromatic rings. The van der Waals surface area contributed by atoms with Gasteiger partial charge in [-0.3, -0.25) is 4.79 Å². The highest BCUT2D eigenvalue weighted by atomic mass is 35.5. The topological polar surface area (TPSA) is 35.5 Å². The molecule has 1 aliphatic heterocycles. The van der Waals surface area contributed by atoms with Gasteiger partial charge in [-0.25, -0.2) is 0 Å². The number of benzene rings is 1. The van der Waals surface area contributed by atoms with Gasteiger partial charge in [0.05, 0.1) is 18.8 Å². The largest absolute Gasteiger partial charge is 0.489 e. The van der Waals surface area contributed by atoms with E-state index in [4.69, 9.17) is 21.1 Å². The fourth-order valence-electron chi connectivity index (χ4n) is 2.93. The molecule has 2 aliphatic rings. The van der Waals surface area contributed by atoms with Crippen molar-refractivity contribution in [2.75, 3.05) is 13.2 Å². The maximum atomic E-state index is 12.7. The molecule has 0 aromatic heterocycles. The van der Waals surface area contributed by atoms with Crippen molar-refractivity contribution < 1.29 is 14.3 Å². The van der Waals surface area contributed by atoms with Crippen molar-refractivity contribution in [3.8, 4) is 11.5 Å². The second kappa shape index (κ2) is 4.96. The Morgan fingerprint density at radius 3 is 2.80 bits per heavy atom. The van der Waals surface area contributed by atoms with Crippen molar-refractivity contribution in [3.63, 3.8) is 0 Å². The van der Waals surface area contributed by atoms with Gasteiger partial charge in [0, 0.05) is 23.9 Å². The van der Waals surface area contributed by atoms with E-state index in [1.165, 1.54) is 0 Å². The molecule has 0 saturated carbocycles. The number of rotatable bonds is 0. The van der Waals surface area contributed by atoms with E-state index in [1.807, 2.05) is 0 Å². The summed E-state index contributed by atoms with van der Waals surface area (Å²) >= 11 is 6.38. The van der Waals surface area contributed by atoms with Crippen molar-refractivity contribution in [3.05, 3.63) is 22.2 Å². The SMILES string of the molecule is CC1(C)CCc2c(Cl)cc3c(c2C(=O)C1)OCCCO3. The summed E-state index contributed by atoms with van der Waals surface area (Å²) in [6.07, 6.45) is 3.10. The minimum Gasteiger partial charge on any atom is -0.489 e. The molecular weight excluding hydrogens is 276 g/mol. The Bertz CT molecular complexity index is 563. The van der Waals surface area contributed by atoms with Crippen LogP contribution in [0.4, 0.5) is 0 Å². The third kappa shape index (κ3) is 2.39. The summed E-state index contributed by atoms with van der Waals surface area (Å²) < 4.78 is 11.5. The first-order valence-corrected chi connectivity index (χ1v) is 7.50. The van der Waals surface area contributed by atoms with E-state index in [9.17, 15) is 4.79 Å². The lowest BCUT2D eigenvalue weighted by molar-refractivity contribution is 0.0930. The smallest absolute Gasteiger partial charge is 0.172 e. The summed E-state index contributed by atoms with van der Waals surface area (Å²) in [6, 6.07) is 1.80. The molecule has 1 aliphatic carbocycles. The Morgan fingerprint density at radius 1 is 1.25 bits per heavy atom. The molecule has 0 N–H and O–H groups in total. The van der Waals surface area contributed by atoms with E-state index in [-0.39, 0.29) is 11.2 Å². The molecule has 0 atom stereocenters. The molecular formula is C16H19ClO3. The molecule has 4 heteroatoms. The average Bonchev–Trinajstić information content (AvgIpc) is 2.65. The first kappa shape index (κ1) is 13.7. The molecule has 0 bridgehead atoms. The summed E-state index contributed by atoms with van der Waals surface area (Å²) in [5, 5.41) is 0.621. The minimum atomic E-state index is -0.00208. The fraction of sp³-hybridized carbons (Fsp3) is 0.562. The first-order chi connectivity index (χ1) is 9.48. The van der Waals surface area contributed by atoms with E-state index in [1.54, 1.807) is 6.07 Å². The predicted molar refractivity (Wildman–Crippen MR) is 78.1 cm³/mol. The van der Waals surface area contributed by atoms with Gasteiger partial charge >= 0.3 is 0 Å². The monoisotopic (exact) mass is 294 g/mol. The molecule has 108 valence electrons. The number of hydrogen-bond donors (Lipinski definition) is 0. The molecule has 3 nitrogen and oxygen atoms in total. The van der Waals surface area contributed by atoms with Gasteiger partial charge in [-0.2, -0.15) is 0 Å². The van der Waals surface area contributed by atoms with Crippen LogP contribution in [0.15, 0.2) is 6.07 Å². The average molecular weight is 295 g/mol. The Balaban J connectivity index is 2.17. The molecule has 20 heavy (non-hydrogen) atoms. The van der Waals surface area contributed by atoms with Gasteiger partial charge in [-0.15, -0.1) is 0 Å². The van der Waals surface area contributed by atoms with Crippen molar-refractivity contribution in [2.24, 2.45) is 5.41 Å². The van der Waals surface area contributed by atoms with Gasteiger partial charge in [-0.05, 0) is 23.8 Å². The highest BCUT2D eigenvalue weighted by Gasteiger charge is 2.33. The van der Waals surface area contributed by atoms with Gasteiger partial charge in [0.15, 0.2) is 17.3 Å². The second-order valence-electron chi connectivity index (χ2n) is 6.35. The Morgan fingerprint density at radius 2 is 2.00 bits per heavy atom. The first-order valence-electron chi connectivity index (χ1n) is 7.12. The van der Waals surface area contributed by atoms with Gasteiger partial charge < -0.3 is 9.47 Å². The fourth-order valence-corrected chi connectivity index (χ4v) is 3.22. The maximum absolute atomic E-state index is 12.7. The van der Waals surface area contributed by atoms with Crippen LogP contribution >= 0.6 is 11.6 Å². The molecule has 0 radical (unpaired) electrons. The molecule has 1 heterocycles. The summed E-state index contributed by atoms with van der Waals surface area (Å²) in [6.45, 7) is 5.43. The molecule has 1 aromatic carbocycles. The lowest BCUT2D eigenvalue weighted by Gasteiger charge is -2.20. The molecule has 0 spiro atoms. The van der Waals surface area contributed by atoms with Crippen molar-refractivity contribution in [2.45, 2.75) is 39.5 Å². The lowest BCUT2D eigenvalue weighted by atomic mass is 9.84. The number of hydrogen-bond acceptors (Lipinski definition) is 3. The van der Waals surface area contributed by atoms with E-state index >= 15 is 0 Å². The highest BCUT2D eigenvalue weighted by molar-refractivity contribution is 6.32.